The third-order valence-corrected chi connectivity index (χ3v) is 5.58. The van der Waals surface area contributed by atoms with Gasteiger partial charge in [-0.15, -0.1) is 12.4 Å². The van der Waals surface area contributed by atoms with Gasteiger partial charge < -0.3 is 15.8 Å². The number of hydrogen-bond acceptors (Lipinski definition) is 3. The van der Waals surface area contributed by atoms with E-state index in [0.29, 0.717) is 18.4 Å². The second kappa shape index (κ2) is 9.15. The Morgan fingerprint density at radius 3 is 2.30 bits per heavy atom. The molecule has 0 spiro atoms. The molecule has 2 fully saturated rings. The molecule has 152 valence electrons. The highest BCUT2D eigenvalue weighted by molar-refractivity contribution is 5.85. The number of rotatable bonds is 5. The summed E-state index contributed by atoms with van der Waals surface area (Å²) >= 11 is 0. The summed E-state index contributed by atoms with van der Waals surface area (Å²) in [5.74, 6) is 1.11. The van der Waals surface area contributed by atoms with Crippen molar-refractivity contribution in [1.82, 2.24) is 5.32 Å². The minimum absolute atomic E-state index is 0. The van der Waals surface area contributed by atoms with Gasteiger partial charge in [0, 0.05) is 18.5 Å². The summed E-state index contributed by atoms with van der Waals surface area (Å²) in [4.78, 5) is 12.5. The maximum atomic E-state index is 12.5. The first kappa shape index (κ1) is 21.8. The van der Waals surface area contributed by atoms with Crippen molar-refractivity contribution in [2.75, 3.05) is 6.61 Å². The van der Waals surface area contributed by atoms with Crippen LogP contribution in [0.3, 0.4) is 0 Å². The van der Waals surface area contributed by atoms with E-state index in [1.807, 2.05) is 0 Å². The van der Waals surface area contributed by atoms with Gasteiger partial charge in [0.15, 0.2) is 6.61 Å². The standard InChI is InChI=1S/C19H25F3N2O2.ClH/c20-19(21,22)11-26-16-6-4-12(5-7-16)10-24-18(25)15-8-13-2-1-3-14(9-15)17(13)23;/h4-7,13-15,17H,1-3,8-11,23H2,(H,24,25);1H. The molecule has 0 heterocycles. The number of carbonyl (C=O) groups excluding carboxylic acids is 1. The predicted octanol–water partition coefficient (Wildman–Crippen LogP) is 3.82. The number of ether oxygens (including phenoxy) is 1. The number of nitrogens with two attached hydrogens (primary N) is 1. The highest BCUT2D eigenvalue weighted by Gasteiger charge is 2.40. The lowest BCUT2D eigenvalue weighted by atomic mass is 9.65. The van der Waals surface area contributed by atoms with Gasteiger partial charge >= 0.3 is 6.18 Å². The minimum atomic E-state index is -4.35. The molecule has 0 saturated heterocycles. The predicted molar refractivity (Wildman–Crippen MR) is 98.6 cm³/mol. The monoisotopic (exact) mass is 406 g/mol. The van der Waals surface area contributed by atoms with Gasteiger partial charge in [-0.1, -0.05) is 18.6 Å². The first-order chi connectivity index (χ1) is 12.3. The maximum Gasteiger partial charge on any atom is 0.422 e. The Kier molecular flexibility index (Phi) is 7.40. The zero-order valence-corrected chi connectivity index (χ0v) is 15.8. The number of nitrogens with one attached hydrogen (secondary N) is 1. The minimum Gasteiger partial charge on any atom is -0.484 e. The van der Waals surface area contributed by atoms with E-state index in [1.165, 1.54) is 18.6 Å². The molecule has 27 heavy (non-hydrogen) atoms. The molecule has 2 aliphatic carbocycles. The average molecular weight is 407 g/mol. The third-order valence-electron chi connectivity index (χ3n) is 5.58. The fourth-order valence-corrected chi connectivity index (χ4v) is 4.21. The van der Waals surface area contributed by atoms with Crippen LogP contribution >= 0.6 is 12.4 Å². The molecule has 1 aromatic rings. The zero-order chi connectivity index (χ0) is 18.7. The van der Waals surface area contributed by atoms with Crippen LogP contribution in [0.5, 0.6) is 5.75 Å². The van der Waals surface area contributed by atoms with E-state index in [1.54, 1.807) is 12.1 Å². The Morgan fingerprint density at radius 1 is 1.15 bits per heavy atom. The number of amides is 1. The molecule has 8 heteroatoms. The number of hydrogen-bond donors (Lipinski definition) is 2. The quantitative estimate of drug-likeness (QED) is 0.781. The van der Waals surface area contributed by atoms with Crippen LogP contribution in [0.1, 0.15) is 37.7 Å². The number of benzene rings is 1. The van der Waals surface area contributed by atoms with Crippen molar-refractivity contribution in [2.45, 2.75) is 50.9 Å². The molecule has 3 rings (SSSR count). The third kappa shape index (κ3) is 6.01. The SMILES string of the molecule is Cl.NC1C2CCCC1CC(C(=O)NCc1ccc(OCC(F)(F)F)cc1)C2. The number of fused-ring (bicyclic) bond motifs is 2. The second-order valence-electron chi connectivity index (χ2n) is 7.46. The molecule has 3 N–H and O–H groups in total. The number of alkyl halides is 3. The van der Waals surface area contributed by atoms with E-state index in [0.717, 1.165) is 31.2 Å². The Bertz CT molecular complexity index is 610. The van der Waals surface area contributed by atoms with E-state index in [9.17, 15) is 18.0 Å². The van der Waals surface area contributed by atoms with Crippen molar-refractivity contribution in [3.63, 3.8) is 0 Å². The molecule has 2 aliphatic rings. The van der Waals surface area contributed by atoms with E-state index < -0.39 is 12.8 Å². The topological polar surface area (TPSA) is 64.4 Å². The van der Waals surface area contributed by atoms with Crippen LogP contribution in [0.15, 0.2) is 24.3 Å². The molecule has 1 aromatic carbocycles. The summed E-state index contributed by atoms with van der Waals surface area (Å²) in [6, 6.07) is 6.53. The Labute approximate surface area is 163 Å². The van der Waals surface area contributed by atoms with Crippen LogP contribution in [0.2, 0.25) is 0 Å². The van der Waals surface area contributed by atoms with Crippen LogP contribution in [-0.4, -0.2) is 24.7 Å². The summed E-state index contributed by atoms with van der Waals surface area (Å²) in [6.07, 6.45) is 0.788. The highest BCUT2D eigenvalue weighted by atomic mass is 35.5. The number of carbonyl (C=O) groups is 1. The largest absolute Gasteiger partial charge is 0.484 e. The Balaban J connectivity index is 0.00000261. The van der Waals surface area contributed by atoms with Crippen molar-refractivity contribution in [3.8, 4) is 5.75 Å². The van der Waals surface area contributed by atoms with Gasteiger partial charge in [-0.2, -0.15) is 13.2 Å². The van der Waals surface area contributed by atoms with E-state index in [2.05, 4.69) is 10.1 Å². The molecule has 4 nitrogen and oxygen atoms in total. The highest BCUT2D eigenvalue weighted by Crippen LogP contribution is 2.41. The summed E-state index contributed by atoms with van der Waals surface area (Å²) in [5.41, 5.74) is 7.09. The van der Waals surface area contributed by atoms with Gasteiger partial charge in [0.2, 0.25) is 5.91 Å². The molecular formula is C19H26ClF3N2O2. The lowest BCUT2D eigenvalue weighted by Gasteiger charge is -2.43. The van der Waals surface area contributed by atoms with E-state index in [4.69, 9.17) is 5.73 Å². The first-order valence-corrected chi connectivity index (χ1v) is 9.13. The second-order valence-corrected chi connectivity index (χ2v) is 7.46. The lowest BCUT2D eigenvalue weighted by Crippen LogP contribution is -2.49. The van der Waals surface area contributed by atoms with Crippen LogP contribution in [0.4, 0.5) is 13.2 Å². The molecule has 0 aromatic heterocycles. The first-order valence-electron chi connectivity index (χ1n) is 9.13. The molecule has 2 saturated carbocycles. The van der Waals surface area contributed by atoms with Gasteiger partial charge in [0.1, 0.15) is 5.75 Å². The Hall–Kier alpha value is -1.47. The summed E-state index contributed by atoms with van der Waals surface area (Å²) in [6.45, 7) is -0.953. The molecule has 1 amide bonds. The van der Waals surface area contributed by atoms with E-state index >= 15 is 0 Å². The summed E-state index contributed by atoms with van der Waals surface area (Å²) in [7, 11) is 0. The van der Waals surface area contributed by atoms with Crippen LogP contribution in [0.25, 0.3) is 0 Å². The van der Waals surface area contributed by atoms with Crippen LogP contribution in [-0.2, 0) is 11.3 Å². The van der Waals surface area contributed by atoms with E-state index in [-0.39, 0.29) is 36.0 Å². The van der Waals surface area contributed by atoms with Gasteiger partial charge in [-0.3, -0.25) is 4.79 Å². The van der Waals surface area contributed by atoms with Crippen molar-refractivity contribution in [2.24, 2.45) is 23.5 Å². The molecule has 0 aliphatic heterocycles. The van der Waals surface area contributed by atoms with Crippen LogP contribution in [0, 0.1) is 17.8 Å². The molecule has 2 unspecified atom stereocenters. The van der Waals surface area contributed by atoms with Gasteiger partial charge in [0.25, 0.3) is 0 Å². The summed E-state index contributed by atoms with van der Waals surface area (Å²) < 4.78 is 41.1. The average Bonchev–Trinajstić information content (AvgIpc) is 2.58. The van der Waals surface area contributed by atoms with Crippen LogP contribution < -0.4 is 15.8 Å². The summed E-state index contributed by atoms with van der Waals surface area (Å²) in [5, 5.41) is 2.95. The lowest BCUT2D eigenvalue weighted by molar-refractivity contribution is -0.153. The normalized spacial score (nSPS) is 27.4. The van der Waals surface area contributed by atoms with Crippen molar-refractivity contribution < 1.29 is 22.7 Å². The zero-order valence-electron chi connectivity index (χ0n) is 15.0. The molecule has 2 atom stereocenters. The van der Waals surface area contributed by atoms with Crippen molar-refractivity contribution >= 4 is 18.3 Å². The number of halogens is 4. The van der Waals surface area contributed by atoms with Gasteiger partial charge in [0.05, 0.1) is 0 Å². The Morgan fingerprint density at radius 2 is 1.74 bits per heavy atom. The smallest absolute Gasteiger partial charge is 0.422 e. The van der Waals surface area contributed by atoms with Gasteiger partial charge in [-0.25, -0.2) is 0 Å². The molecule has 2 bridgehead atoms. The maximum absolute atomic E-state index is 12.5. The van der Waals surface area contributed by atoms with Gasteiger partial charge in [-0.05, 0) is 55.2 Å². The van der Waals surface area contributed by atoms with Crippen molar-refractivity contribution in [3.05, 3.63) is 29.8 Å². The van der Waals surface area contributed by atoms with Crippen molar-refractivity contribution in [1.29, 1.82) is 0 Å². The fraction of sp³-hybridized carbons (Fsp3) is 0.632. The molecular weight excluding hydrogens is 381 g/mol. The molecule has 0 radical (unpaired) electrons. The fourth-order valence-electron chi connectivity index (χ4n) is 4.21.